The second kappa shape index (κ2) is 8.21. The summed E-state index contributed by atoms with van der Waals surface area (Å²) < 4.78 is 43.8. The molecular formula is C21H17F3N2O5. The van der Waals surface area contributed by atoms with E-state index in [1.54, 1.807) is 13.8 Å². The molecule has 1 N–H and O–H groups in total. The third kappa shape index (κ3) is 4.42. The molecule has 0 atom stereocenters. The Morgan fingerprint density at radius 3 is 2.32 bits per heavy atom. The third-order valence-corrected chi connectivity index (χ3v) is 4.51. The van der Waals surface area contributed by atoms with Gasteiger partial charge in [-0.25, -0.2) is 4.79 Å². The number of carbonyl (C=O) groups is 4. The molecule has 0 aromatic heterocycles. The van der Waals surface area contributed by atoms with E-state index in [0.717, 1.165) is 17.0 Å². The molecule has 0 aliphatic carbocycles. The summed E-state index contributed by atoms with van der Waals surface area (Å²) in [5.74, 6) is -2.96. The number of carbonyl (C=O) groups excluding carboxylic acids is 4. The molecule has 2 aromatic carbocycles. The smallest absolute Gasteiger partial charge is 0.418 e. The highest BCUT2D eigenvalue weighted by Crippen LogP contribution is 2.34. The zero-order valence-corrected chi connectivity index (χ0v) is 16.4. The van der Waals surface area contributed by atoms with E-state index in [2.05, 4.69) is 5.32 Å². The lowest BCUT2D eigenvalue weighted by atomic mass is 10.1. The Balaban J connectivity index is 1.67. The van der Waals surface area contributed by atoms with Crippen LogP contribution in [-0.4, -0.2) is 41.2 Å². The number of hydrogen-bond acceptors (Lipinski definition) is 5. The van der Waals surface area contributed by atoms with Crippen molar-refractivity contribution in [1.29, 1.82) is 0 Å². The Morgan fingerprint density at radius 2 is 1.68 bits per heavy atom. The normalized spacial score (nSPS) is 13.4. The fourth-order valence-electron chi connectivity index (χ4n) is 3.10. The second-order valence-electron chi connectivity index (χ2n) is 7.00. The Bertz CT molecular complexity index is 1080. The van der Waals surface area contributed by atoms with E-state index in [9.17, 15) is 32.3 Å². The highest BCUT2D eigenvalue weighted by molar-refractivity contribution is 6.22. The van der Waals surface area contributed by atoms with Crippen LogP contribution in [0.2, 0.25) is 0 Å². The van der Waals surface area contributed by atoms with Crippen LogP contribution in [0.3, 0.4) is 0 Å². The summed E-state index contributed by atoms with van der Waals surface area (Å²) in [6.45, 7) is 2.51. The molecule has 10 heteroatoms. The van der Waals surface area contributed by atoms with Crippen LogP contribution in [0, 0.1) is 0 Å². The maximum absolute atomic E-state index is 13.0. The van der Waals surface area contributed by atoms with Crippen molar-refractivity contribution in [2.75, 3.05) is 11.9 Å². The topological polar surface area (TPSA) is 92.8 Å². The Kier molecular flexibility index (Phi) is 5.83. The van der Waals surface area contributed by atoms with Crippen molar-refractivity contribution in [2.24, 2.45) is 0 Å². The number of fused-ring (bicyclic) bond motifs is 1. The summed E-state index contributed by atoms with van der Waals surface area (Å²) in [7, 11) is 0. The van der Waals surface area contributed by atoms with Gasteiger partial charge in [-0.1, -0.05) is 12.1 Å². The predicted octanol–water partition coefficient (Wildman–Crippen LogP) is 3.51. The monoisotopic (exact) mass is 434 g/mol. The van der Waals surface area contributed by atoms with Crippen molar-refractivity contribution in [2.45, 2.75) is 26.1 Å². The second-order valence-corrected chi connectivity index (χ2v) is 7.00. The molecule has 0 spiro atoms. The first-order chi connectivity index (χ1) is 14.5. The number of imide groups is 1. The van der Waals surface area contributed by atoms with E-state index in [4.69, 9.17) is 4.74 Å². The molecule has 0 fully saturated rings. The first kappa shape index (κ1) is 22.0. The number of halogens is 3. The lowest BCUT2D eigenvalue weighted by molar-refractivity contribution is -0.137. The summed E-state index contributed by atoms with van der Waals surface area (Å²) in [6.07, 6.45) is -4.67. The van der Waals surface area contributed by atoms with Crippen LogP contribution in [0.4, 0.5) is 18.9 Å². The summed E-state index contributed by atoms with van der Waals surface area (Å²) in [6, 6.07) is 7.79. The van der Waals surface area contributed by atoms with Gasteiger partial charge in [0.1, 0.15) is 0 Å². The first-order valence-electron chi connectivity index (χ1n) is 9.16. The minimum Gasteiger partial charge on any atom is -0.452 e. The van der Waals surface area contributed by atoms with Gasteiger partial charge in [-0.15, -0.1) is 0 Å². The highest BCUT2D eigenvalue weighted by Gasteiger charge is 2.37. The van der Waals surface area contributed by atoms with Gasteiger partial charge in [0.2, 0.25) is 0 Å². The van der Waals surface area contributed by atoms with Crippen LogP contribution in [0.25, 0.3) is 0 Å². The van der Waals surface area contributed by atoms with Crippen molar-refractivity contribution in [3.8, 4) is 0 Å². The molecule has 0 bridgehead atoms. The number of amides is 3. The average molecular weight is 434 g/mol. The number of hydrogen-bond donors (Lipinski definition) is 1. The van der Waals surface area contributed by atoms with Gasteiger partial charge in [0.15, 0.2) is 6.61 Å². The molecule has 3 amide bonds. The van der Waals surface area contributed by atoms with Crippen molar-refractivity contribution < 1.29 is 37.1 Å². The van der Waals surface area contributed by atoms with E-state index < -0.39 is 47.7 Å². The average Bonchev–Trinajstić information content (AvgIpc) is 2.95. The standard InChI is InChI=1S/C21H17F3N2O5/c1-11(2)26-18(28)13-8-7-12(9-14(13)19(26)29)20(30)31-10-17(27)25-16-6-4-3-5-15(16)21(22,23)24/h3-9,11H,10H2,1-2H3,(H,25,27). The van der Waals surface area contributed by atoms with Gasteiger partial charge < -0.3 is 10.1 Å². The number of benzene rings is 2. The van der Waals surface area contributed by atoms with Crippen LogP contribution in [0.15, 0.2) is 42.5 Å². The van der Waals surface area contributed by atoms with Crippen molar-refractivity contribution in [3.05, 3.63) is 64.7 Å². The lowest BCUT2D eigenvalue weighted by Gasteiger charge is -2.17. The van der Waals surface area contributed by atoms with Crippen LogP contribution in [-0.2, 0) is 15.7 Å². The SMILES string of the molecule is CC(C)N1C(=O)c2ccc(C(=O)OCC(=O)Nc3ccccc3C(F)(F)F)cc2C1=O. The number of anilines is 1. The van der Waals surface area contributed by atoms with E-state index in [0.29, 0.717) is 0 Å². The summed E-state index contributed by atoms with van der Waals surface area (Å²) in [5, 5.41) is 2.06. The van der Waals surface area contributed by atoms with Crippen LogP contribution < -0.4 is 5.32 Å². The van der Waals surface area contributed by atoms with Crippen LogP contribution >= 0.6 is 0 Å². The number of para-hydroxylation sites is 1. The predicted molar refractivity (Wildman–Crippen MR) is 102 cm³/mol. The summed E-state index contributed by atoms with van der Waals surface area (Å²) in [5.41, 5.74) is -1.39. The molecule has 3 rings (SSSR count). The number of nitrogens with one attached hydrogen (secondary N) is 1. The van der Waals surface area contributed by atoms with E-state index in [1.807, 2.05) is 0 Å². The fraction of sp³-hybridized carbons (Fsp3) is 0.238. The maximum Gasteiger partial charge on any atom is 0.418 e. The number of alkyl halides is 3. The van der Waals surface area contributed by atoms with Crippen molar-refractivity contribution in [3.63, 3.8) is 0 Å². The fourth-order valence-corrected chi connectivity index (χ4v) is 3.10. The van der Waals surface area contributed by atoms with Crippen LogP contribution in [0.1, 0.15) is 50.5 Å². The number of ether oxygens (including phenoxy) is 1. The van der Waals surface area contributed by atoms with Gasteiger partial charge in [-0.3, -0.25) is 19.3 Å². The summed E-state index contributed by atoms with van der Waals surface area (Å²) >= 11 is 0. The number of nitrogens with zero attached hydrogens (tertiary/aromatic N) is 1. The zero-order valence-electron chi connectivity index (χ0n) is 16.4. The Hall–Kier alpha value is -3.69. The van der Waals surface area contributed by atoms with Crippen molar-refractivity contribution >= 4 is 29.4 Å². The van der Waals surface area contributed by atoms with E-state index in [1.165, 1.54) is 30.3 Å². The van der Waals surface area contributed by atoms with Gasteiger partial charge in [-0.2, -0.15) is 13.2 Å². The molecule has 1 aliphatic rings. The molecule has 162 valence electrons. The molecule has 1 heterocycles. The van der Waals surface area contributed by atoms with Gasteiger partial charge in [0.25, 0.3) is 17.7 Å². The minimum absolute atomic E-state index is 0.0386. The quantitative estimate of drug-likeness (QED) is 0.574. The van der Waals surface area contributed by atoms with Crippen molar-refractivity contribution in [1.82, 2.24) is 4.90 Å². The largest absolute Gasteiger partial charge is 0.452 e. The van der Waals surface area contributed by atoms with E-state index >= 15 is 0 Å². The minimum atomic E-state index is -4.67. The van der Waals surface area contributed by atoms with Crippen LogP contribution in [0.5, 0.6) is 0 Å². The van der Waals surface area contributed by atoms with Gasteiger partial charge in [-0.05, 0) is 44.2 Å². The van der Waals surface area contributed by atoms with Gasteiger partial charge in [0, 0.05) is 6.04 Å². The molecule has 2 aromatic rings. The molecule has 7 nitrogen and oxygen atoms in total. The molecular weight excluding hydrogens is 417 g/mol. The first-order valence-corrected chi connectivity index (χ1v) is 9.16. The van der Waals surface area contributed by atoms with E-state index in [-0.39, 0.29) is 22.7 Å². The zero-order chi connectivity index (χ0) is 22.9. The molecule has 0 saturated carbocycles. The number of rotatable bonds is 5. The third-order valence-electron chi connectivity index (χ3n) is 4.51. The number of esters is 1. The maximum atomic E-state index is 13.0. The molecule has 1 aliphatic heterocycles. The Morgan fingerprint density at radius 1 is 1.03 bits per heavy atom. The molecule has 0 unspecified atom stereocenters. The highest BCUT2D eigenvalue weighted by atomic mass is 19.4. The molecule has 0 radical (unpaired) electrons. The van der Waals surface area contributed by atoms with Gasteiger partial charge >= 0.3 is 12.1 Å². The molecule has 31 heavy (non-hydrogen) atoms. The summed E-state index contributed by atoms with van der Waals surface area (Å²) in [4.78, 5) is 49.9. The Labute approximate surface area is 174 Å². The lowest BCUT2D eigenvalue weighted by Crippen LogP contribution is -2.35. The van der Waals surface area contributed by atoms with Gasteiger partial charge in [0.05, 0.1) is 27.9 Å². The molecule has 0 saturated heterocycles.